The van der Waals surface area contributed by atoms with Crippen LogP contribution in [0.15, 0.2) is 11.2 Å². The van der Waals surface area contributed by atoms with Gasteiger partial charge in [-0.05, 0) is 19.8 Å². The van der Waals surface area contributed by atoms with E-state index in [2.05, 4.69) is 9.97 Å². The average Bonchev–Trinajstić information content (AvgIpc) is 2.39. The second kappa shape index (κ2) is 6.18. The molecule has 0 radical (unpaired) electrons. The molecule has 0 saturated heterocycles. The molecule has 0 atom stereocenters. The zero-order valence-electron chi connectivity index (χ0n) is 10.8. The Kier molecular flexibility index (Phi) is 4.58. The molecule has 1 saturated carbocycles. The molecule has 98 valence electrons. The first-order valence-electron chi connectivity index (χ1n) is 6.29. The van der Waals surface area contributed by atoms with Gasteiger partial charge in [-0.15, -0.1) is 11.8 Å². The van der Waals surface area contributed by atoms with E-state index in [1.165, 1.54) is 39.2 Å². The molecule has 0 unspecified atom stereocenters. The number of aryl methyl sites for hydroxylation is 1. The number of thioether (sulfide) groups is 1. The first-order chi connectivity index (χ1) is 8.70. The van der Waals surface area contributed by atoms with Crippen molar-refractivity contribution in [3.8, 4) is 0 Å². The summed E-state index contributed by atoms with van der Waals surface area (Å²) < 4.78 is 4.77. The van der Waals surface area contributed by atoms with Gasteiger partial charge in [0.2, 0.25) is 0 Å². The maximum Gasteiger partial charge on any atom is 0.342 e. The summed E-state index contributed by atoms with van der Waals surface area (Å²) in [5.74, 6) is 0.342. The van der Waals surface area contributed by atoms with Crippen molar-refractivity contribution < 1.29 is 9.53 Å². The fourth-order valence-electron chi connectivity index (χ4n) is 2.13. The molecule has 1 heterocycles. The Morgan fingerprint density at radius 1 is 1.39 bits per heavy atom. The summed E-state index contributed by atoms with van der Waals surface area (Å²) in [5, 5.41) is 1.33. The van der Waals surface area contributed by atoms with Crippen LogP contribution < -0.4 is 0 Å². The predicted molar refractivity (Wildman–Crippen MR) is 70.8 cm³/mol. The van der Waals surface area contributed by atoms with Gasteiger partial charge in [-0.3, -0.25) is 0 Å². The Morgan fingerprint density at radius 3 is 2.78 bits per heavy atom. The van der Waals surface area contributed by atoms with Crippen LogP contribution in [0.5, 0.6) is 0 Å². The highest BCUT2D eigenvalue weighted by atomic mass is 32.2. The van der Waals surface area contributed by atoms with E-state index >= 15 is 0 Å². The summed E-state index contributed by atoms with van der Waals surface area (Å²) in [6, 6.07) is 0. The highest BCUT2D eigenvalue weighted by molar-refractivity contribution is 7.99. The monoisotopic (exact) mass is 266 g/mol. The molecule has 1 aromatic heterocycles. The van der Waals surface area contributed by atoms with Crippen molar-refractivity contribution in [3.05, 3.63) is 17.6 Å². The van der Waals surface area contributed by atoms with Crippen LogP contribution >= 0.6 is 11.8 Å². The fraction of sp³-hybridized carbons (Fsp3) is 0.615. The van der Waals surface area contributed by atoms with Crippen LogP contribution in [-0.2, 0) is 4.74 Å². The standard InChI is InChI=1S/C13H18N2O2S/c1-9-14-8-11(13(16)17-2)12(15-9)18-10-6-4-3-5-7-10/h8,10H,3-7H2,1-2H3. The molecule has 0 N–H and O–H groups in total. The van der Waals surface area contributed by atoms with Gasteiger partial charge in [0, 0.05) is 11.4 Å². The first-order valence-corrected chi connectivity index (χ1v) is 7.17. The molecule has 1 aliphatic rings. The number of hydrogen-bond donors (Lipinski definition) is 0. The summed E-state index contributed by atoms with van der Waals surface area (Å²) >= 11 is 1.70. The second-order valence-corrected chi connectivity index (χ2v) is 5.79. The minimum atomic E-state index is -0.353. The number of carbonyl (C=O) groups excluding carboxylic acids is 1. The fourth-order valence-corrected chi connectivity index (χ4v) is 3.46. The van der Waals surface area contributed by atoms with Crippen LogP contribution in [0.25, 0.3) is 0 Å². The number of esters is 1. The van der Waals surface area contributed by atoms with E-state index in [4.69, 9.17) is 4.74 Å². The lowest BCUT2D eigenvalue weighted by molar-refractivity contribution is 0.0595. The second-order valence-electron chi connectivity index (χ2n) is 4.51. The maximum atomic E-state index is 11.7. The molecule has 0 amide bonds. The lowest BCUT2D eigenvalue weighted by Crippen LogP contribution is -2.12. The topological polar surface area (TPSA) is 52.1 Å². The zero-order chi connectivity index (χ0) is 13.0. The first kappa shape index (κ1) is 13.3. The van der Waals surface area contributed by atoms with Crippen LogP contribution in [-0.4, -0.2) is 28.3 Å². The normalized spacial score (nSPS) is 16.6. The molecule has 1 aromatic rings. The van der Waals surface area contributed by atoms with Crippen LogP contribution in [0.4, 0.5) is 0 Å². The SMILES string of the molecule is COC(=O)c1cnc(C)nc1SC1CCCCC1. The van der Waals surface area contributed by atoms with E-state index < -0.39 is 0 Å². The Balaban J connectivity index is 2.18. The lowest BCUT2D eigenvalue weighted by Gasteiger charge is -2.21. The van der Waals surface area contributed by atoms with Crippen LogP contribution in [0.2, 0.25) is 0 Å². The molecular formula is C13H18N2O2S. The number of rotatable bonds is 3. The van der Waals surface area contributed by atoms with Crippen molar-refractivity contribution in [1.82, 2.24) is 9.97 Å². The van der Waals surface area contributed by atoms with Gasteiger partial charge >= 0.3 is 5.97 Å². The summed E-state index contributed by atoms with van der Waals surface area (Å²) in [4.78, 5) is 20.1. The van der Waals surface area contributed by atoms with Crippen molar-refractivity contribution in [2.24, 2.45) is 0 Å². The molecule has 0 aliphatic heterocycles. The Bertz CT molecular complexity index is 431. The maximum absolute atomic E-state index is 11.7. The number of methoxy groups -OCH3 is 1. The minimum absolute atomic E-state index is 0.353. The van der Waals surface area contributed by atoms with Crippen molar-refractivity contribution in [2.75, 3.05) is 7.11 Å². The van der Waals surface area contributed by atoms with E-state index in [-0.39, 0.29) is 5.97 Å². The van der Waals surface area contributed by atoms with Crippen molar-refractivity contribution in [3.63, 3.8) is 0 Å². The molecule has 2 rings (SSSR count). The molecular weight excluding hydrogens is 248 g/mol. The highest BCUT2D eigenvalue weighted by Gasteiger charge is 2.20. The summed E-state index contributed by atoms with van der Waals surface area (Å²) in [6.45, 7) is 1.84. The quantitative estimate of drug-likeness (QED) is 0.622. The average molecular weight is 266 g/mol. The summed E-state index contributed by atoms with van der Waals surface area (Å²) in [5.41, 5.74) is 0.485. The Morgan fingerprint density at radius 2 is 2.11 bits per heavy atom. The van der Waals surface area contributed by atoms with E-state index in [1.807, 2.05) is 6.92 Å². The Labute approximate surface area is 112 Å². The van der Waals surface area contributed by atoms with Gasteiger partial charge in [-0.1, -0.05) is 19.3 Å². The predicted octanol–water partition coefficient (Wildman–Crippen LogP) is 3.00. The third-order valence-corrected chi connectivity index (χ3v) is 4.45. The van der Waals surface area contributed by atoms with E-state index in [0.717, 1.165) is 5.03 Å². The largest absolute Gasteiger partial charge is 0.465 e. The number of nitrogens with zero attached hydrogens (tertiary/aromatic N) is 2. The van der Waals surface area contributed by atoms with E-state index in [1.54, 1.807) is 18.0 Å². The molecule has 5 heteroatoms. The van der Waals surface area contributed by atoms with Gasteiger partial charge in [-0.25, -0.2) is 14.8 Å². The molecule has 0 bridgehead atoms. The smallest absolute Gasteiger partial charge is 0.342 e. The molecule has 1 fully saturated rings. The lowest BCUT2D eigenvalue weighted by atomic mass is 10.0. The Hall–Kier alpha value is -1.10. The molecule has 1 aliphatic carbocycles. The highest BCUT2D eigenvalue weighted by Crippen LogP contribution is 2.34. The van der Waals surface area contributed by atoms with Crippen LogP contribution in [0, 0.1) is 6.92 Å². The third-order valence-electron chi connectivity index (χ3n) is 3.11. The number of carbonyl (C=O) groups is 1. The van der Waals surface area contributed by atoms with Gasteiger partial charge in [0.25, 0.3) is 0 Å². The third kappa shape index (κ3) is 3.22. The zero-order valence-corrected chi connectivity index (χ0v) is 11.6. The van der Waals surface area contributed by atoms with Gasteiger partial charge in [-0.2, -0.15) is 0 Å². The number of hydrogen-bond acceptors (Lipinski definition) is 5. The number of aromatic nitrogens is 2. The van der Waals surface area contributed by atoms with Gasteiger partial charge in [0.15, 0.2) is 0 Å². The minimum Gasteiger partial charge on any atom is -0.465 e. The van der Waals surface area contributed by atoms with Crippen molar-refractivity contribution in [2.45, 2.75) is 49.3 Å². The van der Waals surface area contributed by atoms with Crippen LogP contribution in [0.3, 0.4) is 0 Å². The molecule has 18 heavy (non-hydrogen) atoms. The molecule has 0 aromatic carbocycles. The van der Waals surface area contributed by atoms with Crippen molar-refractivity contribution in [1.29, 1.82) is 0 Å². The number of ether oxygens (including phenoxy) is 1. The van der Waals surface area contributed by atoms with Gasteiger partial charge in [0.05, 0.1) is 7.11 Å². The van der Waals surface area contributed by atoms with Crippen molar-refractivity contribution >= 4 is 17.7 Å². The van der Waals surface area contributed by atoms with E-state index in [0.29, 0.717) is 16.6 Å². The van der Waals surface area contributed by atoms with Crippen LogP contribution in [0.1, 0.15) is 48.3 Å². The van der Waals surface area contributed by atoms with Gasteiger partial charge < -0.3 is 4.74 Å². The summed E-state index contributed by atoms with van der Waals surface area (Å²) in [7, 11) is 1.39. The molecule has 0 spiro atoms. The molecule has 4 nitrogen and oxygen atoms in total. The van der Waals surface area contributed by atoms with E-state index in [9.17, 15) is 4.79 Å². The van der Waals surface area contributed by atoms with Gasteiger partial charge in [0.1, 0.15) is 16.4 Å². The summed E-state index contributed by atoms with van der Waals surface area (Å²) in [6.07, 6.45) is 7.84.